The van der Waals surface area contributed by atoms with E-state index in [4.69, 9.17) is 0 Å². The van der Waals surface area contributed by atoms with Crippen molar-refractivity contribution in [2.24, 2.45) is 0 Å². The van der Waals surface area contributed by atoms with Crippen molar-refractivity contribution < 1.29 is 4.92 Å². The molecule has 1 radical (unpaired) electrons. The molecule has 0 unspecified atom stereocenters. The number of rotatable bonds is 2. The van der Waals surface area contributed by atoms with Gasteiger partial charge in [-0.1, -0.05) is 30.3 Å². The molecule has 0 aliphatic heterocycles. The summed E-state index contributed by atoms with van der Waals surface area (Å²) in [6, 6.07) is 9.06. The van der Waals surface area contributed by atoms with Crippen molar-refractivity contribution in [2.75, 3.05) is 0 Å². The maximum atomic E-state index is 10.6. The van der Waals surface area contributed by atoms with E-state index in [1.165, 1.54) is 0 Å². The lowest BCUT2D eigenvalue weighted by Crippen LogP contribution is -1.88. The fraction of sp³-hybridized carbons (Fsp3) is 0. The summed E-state index contributed by atoms with van der Waals surface area (Å²) < 4.78 is 3.95. The summed E-state index contributed by atoms with van der Waals surface area (Å²) in [5, 5.41) is 13.1. The van der Waals surface area contributed by atoms with E-state index < -0.39 is 4.92 Å². The van der Waals surface area contributed by atoms with Gasteiger partial charge in [-0.15, -0.1) is 0 Å². The SMILES string of the molecule is O=[N+]([O-])c1[c]snc1-c1ccccc1. The molecule has 1 heterocycles. The van der Waals surface area contributed by atoms with Gasteiger partial charge in [0, 0.05) is 5.56 Å². The quantitative estimate of drug-likeness (QED) is 0.559. The van der Waals surface area contributed by atoms with Crippen molar-refractivity contribution in [3.8, 4) is 11.3 Å². The highest BCUT2D eigenvalue weighted by Crippen LogP contribution is 2.28. The zero-order valence-electron chi connectivity index (χ0n) is 7.01. The third-order valence-electron chi connectivity index (χ3n) is 1.73. The zero-order chi connectivity index (χ0) is 9.97. The summed E-state index contributed by atoms with van der Waals surface area (Å²) >= 11 is 0.973. The minimum absolute atomic E-state index is 0.0544. The molecule has 1 aromatic carbocycles. The molecule has 0 atom stereocenters. The van der Waals surface area contributed by atoms with Crippen LogP contribution in [0.3, 0.4) is 0 Å². The van der Waals surface area contributed by atoms with Gasteiger partial charge in [0.2, 0.25) is 0 Å². The molecule has 0 amide bonds. The second-order valence-corrected chi connectivity index (χ2v) is 3.17. The topological polar surface area (TPSA) is 56.0 Å². The van der Waals surface area contributed by atoms with Gasteiger partial charge in [0.15, 0.2) is 11.1 Å². The first-order chi connectivity index (χ1) is 6.79. The molecule has 0 saturated heterocycles. The van der Waals surface area contributed by atoms with Crippen LogP contribution in [0, 0.1) is 15.5 Å². The van der Waals surface area contributed by atoms with E-state index >= 15 is 0 Å². The van der Waals surface area contributed by atoms with E-state index in [1.807, 2.05) is 18.2 Å². The third-order valence-corrected chi connectivity index (χ3v) is 2.29. The van der Waals surface area contributed by atoms with Crippen LogP contribution in [0.1, 0.15) is 0 Å². The van der Waals surface area contributed by atoms with Crippen molar-refractivity contribution >= 4 is 17.2 Å². The Morgan fingerprint density at radius 2 is 2.07 bits per heavy atom. The third kappa shape index (κ3) is 1.49. The Morgan fingerprint density at radius 1 is 1.36 bits per heavy atom. The number of nitrogens with zero attached hydrogens (tertiary/aromatic N) is 2. The summed E-state index contributed by atoms with van der Waals surface area (Å²) in [4.78, 5) is 10.1. The van der Waals surface area contributed by atoms with Gasteiger partial charge in [-0.2, -0.15) is 4.37 Å². The summed E-state index contributed by atoms with van der Waals surface area (Å²) in [6.07, 6.45) is 0. The van der Waals surface area contributed by atoms with E-state index in [0.29, 0.717) is 5.69 Å². The first kappa shape index (κ1) is 8.83. The van der Waals surface area contributed by atoms with Crippen LogP contribution in [-0.4, -0.2) is 9.30 Å². The van der Waals surface area contributed by atoms with E-state index in [9.17, 15) is 10.1 Å². The van der Waals surface area contributed by atoms with E-state index in [2.05, 4.69) is 9.75 Å². The highest BCUT2D eigenvalue weighted by molar-refractivity contribution is 7.03. The van der Waals surface area contributed by atoms with E-state index in [0.717, 1.165) is 17.1 Å². The highest BCUT2D eigenvalue weighted by Gasteiger charge is 2.18. The molecule has 1 aromatic heterocycles. The molecule has 2 aromatic rings. The average molecular weight is 205 g/mol. The van der Waals surface area contributed by atoms with Gasteiger partial charge in [0.1, 0.15) is 0 Å². The summed E-state index contributed by atoms with van der Waals surface area (Å²) in [7, 11) is 0. The monoisotopic (exact) mass is 205 g/mol. The van der Waals surface area contributed by atoms with Crippen LogP contribution in [0.2, 0.25) is 0 Å². The fourth-order valence-electron chi connectivity index (χ4n) is 1.11. The number of aromatic nitrogens is 1. The van der Waals surface area contributed by atoms with Crippen LogP contribution in [0.25, 0.3) is 11.3 Å². The molecule has 0 saturated carbocycles. The molecule has 0 spiro atoms. The lowest BCUT2D eigenvalue weighted by molar-refractivity contribution is -0.384. The maximum absolute atomic E-state index is 10.6. The van der Waals surface area contributed by atoms with Crippen molar-refractivity contribution in [1.29, 1.82) is 0 Å². The minimum Gasteiger partial charge on any atom is -0.258 e. The molecule has 5 heteroatoms. The molecular formula is C9H5N2O2S. The zero-order valence-corrected chi connectivity index (χ0v) is 7.82. The molecular weight excluding hydrogens is 200 g/mol. The predicted molar refractivity (Wildman–Crippen MR) is 53.0 cm³/mol. The minimum atomic E-state index is -0.466. The van der Waals surface area contributed by atoms with Crippen LogP contribution < -0.4 is 0 Å². The summed E-state index contributed by atoms with van der Waals surface area (Å²) in [5.74, 6) is 0. The lowest BCUT2D eigenvalue weighted by Gasteiger charge is -1.94. The van der Waals surface area contributed by atoms with E-state index in [1.54, 1.807) is 12.1 Å². The smallest absolute Gasteiger partial charge is 0.258 e. The number of nitro groups is 1. The normalized spacial score (nSPS) is 10.0. The molecule has 69 valence electrons. The van der Waals surface area contributed by atoms with Gasteiger partial charge in [-0.25, -0.2) is 0 Å². The van der Waals surface area contributed by atoms with Crippen LogP contribution in [-0.2, 0) is 0 Å². The molecule has 0 bridgehead atoms. The molecule has 14 heavy (non-hydrogen) atoms. The Kier molecular flexibility index (Phi) is 2.24. The summed E-state index contributed by atoms with van der Waals surface area (Å²) in [6.45, 7) is 0. The second-order valence-electron chi connectivity index (χ2n) is 2.60. The standard InChI is InChI=1S/C9H5N2O2S/c12-11(13)8-6-14-10-9(8)7-4-2-1-3-5-7/h1-5H. The number of benzene rings is 1. The predicted octanol–water partition coefficient (Wildman–Crippen LogP) is 2.52. The van der Waals surface area contributed by atoms with Crippen molar-refractivity contribution in [2.45, 2.75) is 0 Å². The molecule has 0 aliphatic rings. The van der Waals surface area contributed by atoms with Crippen LogP contribution in [0.5, 0.6) is 0 Å². The Bertz CT molecular complexity index is 453. The fourth-order valence-corrected chi connectivity index (χ4v) is 1.70. The Labute approximate surface area is 84.1 Å². The van der Waals surface area contributed by atoms with Gasteiger partial charge in [-0.3, -0.25) is 10.1 Å². The number of hydrogen-bond donors (Lipinski definition) is 0. The van der Waals surface area contributed by atoms with Gasteiger partial charge < -0.3 is 0 Å². The first-order valence-corrected chi connectivity index (χ1v) is 4.63. The maximum Gasteiger partial charge on any atom is 0.316 e. The van der Waals surface area contributed by atoms with Crippen LogP contribution >= 0.6 is 11.5 Å². The molecule has 0 aliphatic carbocycles. The molecule has 2 rings (SSSR count). The van der Waals surface area contributed by atoms with Gasteiger partial charge >= 0.3 is 5.69 Å². The van der Waals surface area contributed by atoms with Gasteiger partial charge in [0.25, 0.3) is 0 Å². The van der Waals surface area contributed by atoms with Crippen molar-refractivity contribution in [3.63, 3.8) is 0 Å². The highest BCUT2D eigenvalue weighted by atomic mass is 32.1. The Hall–Kier alpha value is -1.75. The van der Waals surface area contributed by atoms with Crippen molar-refractivity contribution in [1.82, 2.24) is 4.37 Å². The first-order valence-electron chi connectivity index (χ1n) is 3.86. The van der Waals surface area contributed by atoms with Gasteiger partial charge in [-0.05, 0) is 11.5 Å². The van der Waals surface area contributed by atoms with Crippen LogP contribution in [0.4, 0.5) is 5.69 Å². The Morgan fingerprint density at radius 3 is 2.71 bits per heavy atom. The van der Waals surface area contributed by atoms with E-state index in [-0.39, 0.29) is 5.69 Å². The largest absolute Gasteiger partial charge is 0.316 e. The molecule has 0 fully saturated rings. The summed E-state index contributed by atoms with van der Waals surface area (Å²) in [5.41, 5.74) is 1.08. The lowest BCUT2D eigenvalue weighted by atomic mass is 10.1. The molecule has 4 nitrogen and oxygen atoms in total. The molecule has 0 N–H and O–H groups in total. The Balaban J connectivity index is 2.52. The number of hydrogen-bond acceptors (Lipinski definition) is 4. The van der Waals surface area contributed by atoms with Crippen LogP contribution in [0.15, 0.2) is 30.3 Å². The average Bonchev–Trinajstić information content (AvgIpc) is 2.67. The van der Waals surface area contributed by atoms with Gasteiger partial charge in [0.05, 0.1) is 4.92 Å². The second kappa shape index (κ2) is 3.55. The van der Waals surface area contributed by atoms with Crippen molar-refractivity contribution in [3.05, 3.63) is 45.8 Å².